The van der Waals surface area contributed by atoms with E-state index in [-0.39, 0.29) is 22.4 Å². The molecule has 2 rings (SSSR count). The smallest absolute Gasteiger partial charge is 0.242 e. The van der Waals surface area contributed by atoms with Gasteiger partial charge in [0.05, 0.1) is 11.1 Å². The Morgan fingerprint density at radius 2 is 2.06 bits per heavy atom. The highest BCUT2D eigenvalue weighted by atomic mass is 35.5. The van der Waals surface area contributed by atoms with Crippen LogP contribution in [0.2, 0.25) is 10.0 Å². The zero-order valence-electron chi connectivity index (χ0n) is 9.44. The van der Waals surface area contributed by atoms with Crippen LogP contribution in [0.1, 0.15) is 12.8 Å². The van der Waals surface area contributed by atoms with Crippen LogP contribution in [0.15, 0.2) is 23.1 Å². The first-order chi connectivity index (χ1) is 8.40. The molecule has 0 saturated heterocycles. The average molecular weight is 310 g/mol. The number of nitrogens with one attached hydrogen (secondary N) is 1. The monoisotopic (exact) mass is 309 g/mol. The minimum absolute atomic E-state index is 0.00412. The minimum atomic E-state index is -3.74. The molecule has 100 valence electrons. The second-order valence-electron chi connectivity index (χ2n) is 4.33. The molecule has 1 saturated carbocycles. The lowest BCUT2D eigenvalue weighted by Crippen LogP contribution is -2.33. The van der Waals surface area contributed by atoms with E-state index in [9.17, 15) is 13.5 Å². The van der Waals surface area contributed by atoms with Crippen molar-refractivity contribution in [2.75, 3.05) is 6.54 Å². The highest BCUT2D eigenvalue weighted by Crippen LogP contribution is 2.32. The van der Waals surface area contributed by atoms with Crippen molar-refractivity contribution in [3.8, 4) is 0 Å². The molecular weight excluding hydrogens is 297 g/mol. The first-order valence-electron chi connectivity index (χ1n) is 5.53. The number of hydrogen-bond acceptors (Lipinski definition) is 3. The third-order valence-corrected chi connectivity index (χ3v) is 4.97. The van der Waals surface area contributed by atoms with Gasteiger partial charge in [0.1, 0.15) is 4.90 Å². The van der Waals surface area contributed by atoms with Gasteiger partial charge in [0, 0.05) is 11.6 Å². The lowest BCUT2D eigenvalue weighted by atomic mass is 10.2. The molecule has 0 spiro atoms. The number of halogens is 2. The van der Waals surface area contributed by atoms with E-state index in [1.165, 1.54) is 18.2 Å². The maximum absolute atomic E-state index is 12.0. The van der Waals surface area contributed by atoms with Crippen molar-refractivity contribution in [3.63, 3.8) is 0 Å². The molecule has 4 nitrogen and oxygen atoms in total. The summed E-state index contributed by atoms with van der Waals surface area (Å²) in [5.74, 6) is 0.211. The summed E-state index contributed by atoms with van der Waals surface area (Å²) in [6, 6.07) is 4.23. The van der Waals surface area contributed by atoms with Gasteiger partial charge >= 0.3 is 0 Å². The molecule has 0 aromatic heterocycles. The van der Waals surface area contributed by atoms with Crippen LogP contribution in [0.5, 0.6) is 0 Å². The molecule has 2 N–H and O–H groups in total. The summed E-state index contributed by atoms with van der Waals surface area (Å²) in [5, 5.41) is 10.0. The molecule has 0 heterocycles. The Morgan fingerprint density at radius 1 is 1.39 bits per heavy atom. The van der Waals surface area contributed by atoms with E-state index in [0.29, 0.717) is 5.02 Å². The fraction of sp³-hybridized carbons (Fsp3) is 0.455. The number of hydrogen-bond donors (Lipinski definition) is 2. The molecule has 1 aromatic carbocycles. The van der Waals surface area contributed by atoms with Gasteiger partial charge < -0.3 is 5.11 Å². The predicted octanol–water partition coefficient (Wildman–Crippen LogP) is 2.04. The predicted molar refractivity (Wildman–Crippen MR) is 70.4 cm³/mol. The minimum Gasteiger partial charge on any atom is -0.391 e. The molecule has 0 radical (unpaired) electrons. The molecule has 0 aliphatic heterocycles. The zero-order chi connectivity index (χ0) is 13.3. The molecule has 1 fully saturated rings. The summed E-state index contributed by atoms with van der Waals surface area (Å²) >= 11 is 11.6. The quantitative estimate of drug-likeness (QED) is 0.874. The Bertz CT molecular complexity index is 543. The van der Waals surface area contributed by atoms with Gasteiger partial charge in [0.25, 0.3) is 0 Å². The van der Waals surface area contributed by atoms with Gasteiger partial charge in [-0.1, -0.05) is 23.2 Å². The standard InChI is InChI=1S/C11H13Cl2NO3S/c12-8-3-4-9(13)11(5-8)18(16,17)14-6-10(15)7-1-2-7/h3-5,7,10,14-15H,1-2,6H2. The van der Waals surface area contributed by atoms with Crippen molar-refractivity contribution < 1.29 is 13.5 Å². The number of aliphatic hydroxyl groups is 1. The van der Waals surface area contributed by atoms with Crippen molar-refractivity contribution in [1.82, 2.24) is 4.72 Å². The zero-order valence-corrected chi connectivity index (χ0v) is 11.8. The SMILES string of the molecule is O=S(=O)(NCC(O)C1CC1)c1cc(Cl)ccc1Cl. The molecular formula is C11H13Cl2NO3S. The van der Waals surface area contributed by atoms with E-state index >= 15 is 0 Å². The largest absolute Gasteiger partial charge is 0.391 e. The maximum atomic E-state index is 12.0. The Labute approximate surface area is 116 Å². The first kappa shape index (κ1) is 14.1. The van der Waals surface area contributed by atoms with Gasteiger partial charge in [0.2, 0.25) is 10.0 Å². The molecule has 1 atom stereocenters. The Kier molecular flexibility index (Phi) is 4.18. The number of rotatable bonds is 5. The van der Waals surface area contributed by atoms with E-state index in [4.69, 9.17) is 23.2 Å². The normalized spacial score (nSPS) is 17.7. The van der Waals surface area contributed by atoms with Gasteiger partial charge in [-0.2, -0.15) is 0 Å². The molecule has 18 heavy (non-hydrogen) atoms. The summed E-state index contributed by atoms with van der Waals surface area (Å²) in [5.41, 5.74) is 0. The van der Waals surface area contributed by atoms with E-state index < -0.39 is 16.1 Å². The lowest BCUT2D eigenvalue weighted by molar-refractivity contribution is 0.155. The highest BCUT2D eigenvalue weighted by molar-refractivity contribution is 7.89. The molecule has 7 heteroatoms. The molecule has 1 aliphatic rings. The van der Waals surface area contributed by atoms with E-state index in [0.717, 1.165) is 12.8 Å². The Hall–Kier alpha value is -0.330. The van der Waals surface area contributed by atoms with Gasteiger partial charge in [0.15, 0.2) is 0 Å². The van der Waals surface area contributed by atoms with Crippen molar-refractivity contribution in [2.24, 2.45) is 5.92 Å². The second kappa shape index (κ2) is 5.35. The van der Waals surface area contributed by atoms with Crippen LogP contribution in [-0.2, 0) is 10.0 Å². The number of sulfonamides is 1. The van der Waals surface area contributed by atoms with Crippen LogP contribution >= 0.6 is 23.2 Å². The Morgan fingerprint density at radius 3 is 2.67 bits per heavy atom. The van der Waals surface area contributed by atoms with E-state index in [1.54, 1.807) is 0 Å². The van der Waals surface area contributed by atoms with Gasteiger partial charge in [-0.3, -0.25) is 0 Å². The topological polar surface area (TPSA) is 66.4 Å². The number of benzene rings is 1. The van der Waals surface area contributed by atoms with E-state index in [2.05, 4.69) is 4.72 Å². The molecule has 0 amide bonds. The molecule has 1 aromatic rings. The van der Waals surface area contributed by atoms with Crippen LogP contribution < -0.4 is 4.72 Å². The fourth-order valence-electron chi connectivity index (χ4n) is 1.60. The lowest BCUT2D eigenvalue weighted by Gasteiger charge is -2.12. The average Bonchev–Trinajstić information content (AvgIpc) is 3.13. The van der Waals surface area contributed by atoms with E-state index in [1.807, 2.05) is 0 Å². The van der Waals surface area contributed by atoms with Crippen molar-refractivity contribution in [2.45, 2.75) is 23.8 Å². The van der Waals surface area contributed by atoms with Crippen molar-refractivity contribution in [1.29, 1.82) is 0 Å². The fourth-order valence-corrected chi connectivity index (χ4v) is 3.42. The summed E-state index contributed by atoms with van der Waals surface area (Å²) in [7, 11) is -3.74. The van der Waals surface area contributed by atoms with Gasteiger partial charge in [-0.15, -0.1) is 0 Å². The van der Waals surface area contributed by atoms with Gasteiger partial charge in [-0.25, -0.2) is 13.1 Å². The summed E-state index contributed by atoms with van der Waals surface area (Å²) < 4.78 is 26.3. The summed E-state index contributed by atoms with van der Waals surface area (Å²) in [6.45, 7) is -0.00412. The van der Waals surface area contributed by atoms with Crippen LogP contribution in [0.4, 0.5) is 0 Å². The number of aliphatic hydroxyl groups excluding tert-OH is 1. The van der Waals surface area contributed by atoms with Crippen molar-refractivity contribution >= 4 is 33.2 Å². The summed E-state index contributed by atoms with van der Waals surface area (Å²) in [6.07, 6.45) is 1.25. The molecule has 0 bridgehead atoms. The van der Waals surface area contributed by atoms with Crippen molar-refractivity contribution in [3.05, 3.63) is 28.2 Å². The Balaban J connectivity index is 2.11. The maximum Gasteiger partial charge on any atom is 0.242 e. The van der Waals surface area contributed by atoms with Crippen LogP contribution in [0, 0.1) is 5.92 Å². The first-order valence-corrected chi connectivity index (χ1v) is 7.77. The molecule has 1 unspecified atom stereocenters. The van der Waals surface area contributed by atoms with Crippen LogP contribution in [-0.4, -0.2) is 26.2 Å². The summed E-state index contributed by atoms with van der Waals surface area (Å²) in [4.78, 5) is -0.0698. The second-order valence-corrected chi connectivity index (χ2v) is 6.91. The van der Waals surface area contributed by atoms with Gasteiger partial charge in [-0.05, 0) is 37.0 Å². The third kappa shape index (κ3) is 3.36. The third-order valence-electron chi connectivity index (χ3n) is 2.83. The van der Waals surface area contributed by atoms with Crippen LogP contribution in [0.3, 0.4) is 0 Å². The highest BCUT2D eigenvalue weighted by Gasteiger charge is 2.30. The van der Waals surface area contributed by atoms with Crippen LogP contribution in [0.25, 0.3) is 0 Å². The molecule has 1 aliphatic carbocycles.